The van der Waals surface area contributed by atoms with Crippen molar-refractivity contribution in [3.8, 4) is 6.07 Å². The number of carbonyl (C=O) groups is 1. The van der Waals surface area contributed by atoms with Gasteiger partial charge in [-0.15, -0.1) is 0 Å². The van der Waals surface area contributed by atoms with Crippen LogP contribution in [0.4, 0.5) is 24.7 Å². The van der Waals surface area contributed by atoms with Gasteiger partial charge in [-0.1, -0.05) is 17.7 Å². The monoisotopic (exact) mass is 530 g/mol. The van der Waals surface area contributed by atoms with Gasteiger partial charge in [0.2, 0.25) is 0 Å². The summed E-state index contributed by atoms with van der Waals surface area (Å²) in [5.41, 5.74) is 1.06. The van der Waals surface area contributed by atoms with Crippen molar-refractivity contribution in [1.82, 2.24) is 15.0 Å². The number of aryl methyl sites for hydroxylation is 1. The number of fused-ring (bicyclic) bond motifs is 2. The van der Waals surface area contributed by atoms with Crippen LogP contribution in [0, 0.1) is 29.6 Å². The standard InChI is InChI=1S/C25H22ClF3N6O2/c1-12-6-15(13(2)31-16-4-5-19(26)33-21(16)23(36)37-3)20-17(7-12)32-18(9-30)22(34-20)35-10-14-8-24(14,11-35)25(27,28)29/h4-7,13-14,31H,8,10-11H2,1-3H3/t13-,14?,24-/m1/s1. The highest BCUT2D eigenvalue weighted by Gasteiger charge is 2.74. The maximum atomic E-state index is 13.7. The number of anilines is 2. The second-order valence-electron chi connectivity index (χ2n) is 9.55. The summed E-state index contributed by atoms with van der Waals surface area (Å²) < 4.78 is 45.9. The van der Waals surface area contributed by atoms with Gasteiger partial charge < -0.3 is 15.0 Å². The molecular formula is C25H22ClF3N6O2. The van der Waals surface area contributed by atoms with Crippen LogP contribution in [0.15, 0.2) is 24.3 Å². The van der Waals surface area contributed by atoms with E-state index in [1.54, 1.807) is 12.1 Å². The van der Waals surface area contributed by atoms with Gasteiger partial charge in [-0.2, -0.15) is 18.4 Å². The minimum absolute atomic E-state index is 0.00564. The van der Waals surface area contributed by atoms with Gasteiger partial charge in [0.25, 0.3) is 0 Å². The van der Waals surface area contributed by atoms with Gasteiger partial charge in [0, 0.05) is 18.7 Å². The second-order valence-corrected chi connectivity index (χ2v) is 9.94. The summed E-state index contributed by atoms with van der Waals surface area (Å²) in [7, 11) is 1.24. The maximum absolute atomic E-state index is 13.7. The molecule has 1 N–H and O–H groups in total. The molecule has 2 fully saturated rings. The number of hydrogen-bond acceptors (Lipinski definition) is 8. The Labute approximate surface area is 215 Å². The van der Waals surface area contributed by atoms with Crippen LogP contribution >= 0.6 is 11.6 Å². The average Bonchev–Trinajstić information content (AvgIpc) is 3.44. The van der Waals surface area contributed by atoms with E-state index in [1.165, 1.54) is 18.1 Å². The Morgan fingerprint density at radius 2 is 2.08 bits per heavy atom. The number of aromatic nitrogens is 3. The quantitative estimate of drug-likeness (QED) is 0.354. The third-order valence-electron chi connectivity index (χ3n) is 7.12. The van der Waals surface area contributed by atoms with E-state index in [2.05, 4.69) is 15.3 Å². The number of hydrogen-bond donors (Lipinski definition) is 1. The van der Waals surface area contributed by atoms with Crippen LogP contribution in [0.2, 0.25) is 5.15 Å². The normalized spacial score (nSPS) is 21.4. The Bertz CT molecular complexity index is 1470. The molecule has 1 aromatic carbocycles. The number of nitriles is 1. The van der Waals surface area contributed by atoms with Crippen LogP contribution in [0.3, 0.4) is 0 Å². The lowest BCUT2D eigenvalue weighted by Crippen LogP contribution is -2.34. The third kappa shape index (κ3) is 4.19. The molecule has 1 saturated carbocycles. The molecule has 5 rings (SSSR count). The van der Waals surface area contributed by atoms with Crippen molar-refractivity contribution in [3.63, 3.8) is 0 Å². The van der Waals surface area contributed by atoms with Crippen LogP contribution < -0.4 is 10.2 Å². The molecule has 2 aliphatic rings. The smallest absolute Gasteiger partial charge is 0.396 e. The van der Waals surface area contributed by atoms with Crippen molar-refractivity contribution in [2.24, 2.45) is 11.3 Å². The molecule has 1 unspecified atom stereocenters. The number of alkyl halides is 3. The lowest BCUT2D eigenvalue weighted by Gasteiger charge is -2.25. The molecule has 8 nitrogen and oxygen atoms in total. The number of halogens is 4. The highest BCUT2D eigenvalue weighted by atomic mass is 35.5. The molecule has 1 saturated heterocycles. The molecule has 1 aliphatic carbocycles. The summed E-state index contributed by atoms with van der Waals surface area (Å²) >= 11 is 5.96. The van der Waals surface area contributed by atoms with E-state index in [0.29, 0.717) is 22.3 Å². The van der Waals surface area contributed by atoms with E-state index in [0.717, 1.165) is 5.56 Å². The molecule has 192 valence electrons. The highest BCUT2D eigenvalue weighted by Crippen LogP contribution is 2.66. The minimum atomic E-state index is -4.31. The fraction of sp³-hybridized carbons (Fsp3) is 0.400. The number of ether oxygens (including phenoxy) is 1. The first-order chi connectivity index (χ1) is 17.5. The van der Waals surface area contributed by atoms with Crippen LogP contribution in [0.1, 0.15) is 46.7 Å². The van der Waals surface area contributed by atoms with Gasteiger partial charge in [-0.3, -0.25) is 0 Å². The molecular weight excluding hydrogens is 509 g/mol. The molecule has 3 heterocycles. The van der Waals surface area contributed by atoms with Crippen molar-refractivity contribution in [3.05, 3.63) is 51.9 Å². The van der Waals surface area contributed by atoms with Crippen molar-refractivity contribution in [2.75, 3.05) is 30.4 Å². The van der Waals surface area contributed by atoms with Crippen LogP contribution in [-0.4, -0.2) is 47.3 Å². The Kier molecular flexibility index (Phi) is 5.90. The summed E-state index contributed by atoms with van der Waals surface area (Å²) in [6, 6.07) is 8.35. The zero-order valence-corrected chi connectivity index (χ0v) is 20.9. The van der Waals surface area contributed by atoms with Gasteiger partial charge in [-0.25, -0.2) is 19.7 Å². The molecule has 3 aromatic rings. The summed E-state index contributed by atoms with van der Waals surface area (Å²) in [4.78, 5) is 27.0. The third-order valence-corrected chi connectivity index (χ3v) is 7.33. The lowest BCUT2D eigenvalue weighted by molar-refractivity contribution is -0.184. The van der Waals surface area contributed by atoms with Gasteiger partial charge in [0.1, 0.15) is 11.2 Å². The molecule has 37 heavy (non-hydrogen) atoms. The van der Waals surface area contributed by atoms with Gasteiger partial charge in [-0.05, 0) is 49.9 Å². The second kappa shape index (κ2) is 8.73. The predicted molar refractivity (Wildman–Crippen MR) is 130 cm³/mol. The number of methoxy groups -OCH3 is 1. The number of esters is 1. The Morgan fingerprint density at radius 1 is 1.32 bits per heavy atom. The first-order valence-electron chi connectivity index (χ1n) is 11.5. The molecule has 2 aromatic heterocycles. The van der Waals surface area contributed by atoms with Crippen molar-refractivity contribution < 1.29 is 22.7 Å². The van der Waals surface area contributed by atoms with Crippen LogP contribution in [-0.2, 0) is 4.74 Å². The SMILES string of the molecule is COC(=O)c1nc(Cl)ccc1N[C@H](C)c1cc(C)cc2nc(C#N)c(N3CC4C[C@@]4(C(F)(F)F)C3)nc12. The predicted octanol–water partition coefficient (Wildman–Crippen LogP) is 5.21. The Morgan fingerprint density at radius 3 is 2.73 bits per heavy atom. The highest BCUT2D eigenvalue weighted by molar-refractivity contribution is 6.29. The minimum Gasteiger partial charge on any atom is -0.464 e. The maximum Gasteiger partial charge on any atom is 0.396 e. The summed E-state index contributed by atoms with van der Waals surface area (Å²) in [6.45, 7) is 3.63. The number of pyridine rings is 1. The lowest BCUT2D eigenvalue weighted by atomic mass is 10.0. The fourth-order valence-electron chi connectivity index (χ4n) is 5.15. The topological polar surface area (TPSA) is 104 Å². The van der Waals surface area contributed by atoms with Crippen LogP contribution in [0.25, 0.3) is 11.0 Å². The van der Waals surface area contributed by atoms with Crippen molar-refractivity contribution in [1.29, 1.82) is 5.26 Å². The van der Waals surface area contributed by atoms with E-state index in [9.17, 15) is 23.2 Å². The summed E-state index contributed by atoms with van der Waals surface area (Å²) in [5.74, 6) is -1.03. The van der Waals surface area contributed by atoms with Gasteiger partial charge >= 0.3 is 12.1 Å². The number of rotatable bonds is 5. The zero-order chi connectivity index (χ0) is 26.7. The Hall–Kier alpha value is -3.65. The van der Waals surface area contributed by atoms with E-state index < -0.39 is 29.5 Å². The fourth-order valence-corrected chi connectivity index (χ4v) is 5.29. The number of carbonyl (C=O) groups excluding carboxylic acids is 1. The summed E-state index contributed by atoms with van der Waals surface area (Å²) in [6.07, 6.45) is -4.22. The molecule has 0 radical (unpaired) electrons. The molecule has 0 spiro atoms. The molecule has 1 aliphatic heterocycles. The van der Waals surface area contributed by atoms with Gasteiger partial charge in [0.05, 0.1) is 35.3 Å². The van der Waals surface area contributed by atoms with E-state index in [1.807, 2.05) is 26.0 Å². The first-order valence-corrected chi connectivity index (χ1v) is 11.9. The van der Waals surface area contributed by atoms with E-state index in [-0.39, 0.29) is 41.9 Å². The largest absolute Gasteiger partial charge is 0.464 e. The Balaban J connectivity index is 1.55. The average molecular weight is 531 g/mol. The number of benzene rings is 1. The first kappa shape index (κ1) is 25.0. The van der Waals surface area contributed by atoms with Crippen molar-refractivity contribution in [2.45, 2.75) is 32.5 Å². The molecule has 0 amide bonds. The number of nitrogens with one attached hydrogen (secondary N) is 1. The molecule has 0 bridgehead atoms. The molecule has 3 atom stereocenters. The van der Waals surface area contributed by atoms with Crippen molar-refractivity contribution >= 4 is 40.1 Å². The zero-order valence-electron chi connectivity index (χ0n) is 20.1. The summed E-state index contributed by atoms with van der Waals surface area (Å²) in [5, 5.41) is 13.1. The van der Waals surface area contributed by atoms with E-state index in [4.69, 9.17) is 21.3 Å². The van der Waals surface area contributed by atoms with Crippen LogP contribution in [0.5, 0.6) is 0 Å². The number of piperidine rings is 1. The number of nitrogens with zero attached hydrogens (tertiary/aromatic N) is 5. The van der Waals surface area contributed by atoms with Gasteiger partial charge in [0.15, 0.2) is 17.2 Å². The molecule has 12 heteroatoms. The van der Waals surface area contributed by atoms with E-state index >= 15 is 0 Å².